The van der Waals surface area contributed by atoms with E-state index in [0.717, 1.165) is 5.56 Å². The van der Waals surface area contributed by atoms with Crippen molar-refractivity contribution in [3.05, 3.63) is 71.3 Å². The van der Waals surface area contributed by atoms with Crippen LogP contribution in [0.5, 0.6) is 5.75 Å². The van der Waals surface area contributed by atoms with E-state index in [2.05, 4.69) is 0 Å². The number of amides is 1. The molecule has 1 aliphatic rings. The Kier molecular flexibility index (Phi) is 5.57. The van der Waals surface area contributed by atoms with Gasteiger partial charge >= 0.3 is 0 Å². The highest BCUT2D eigenvalue weighted by Crippen LogP contribution is 2.39. The monoisotopic (exact) mass is 367 g/mol. The van der Waals surface area contributed by atoms with Crippen LogP contribution in [0.4, 0.5) is 0 Å². The summed E-state index contributed by atoms with van der Waals surface area (Å²) in [5, 5.41) is 10.9. The number of ether oxygens (including phenoxy) is 2. The normalized spacial score (nSPS) is 18.7. The van der Waals surface area contributed by atoms with Crippen molar-refractivity contribution in [3.63, 3.8) is 0 Å². The quantitative estimate of drug-likeness (QED) is 0.483. The summed E-state index contributed by atoms with van der Waals surface area (Å²) < 4.78 is 10.2. The summed E-state index contributed by atoms with van der Waals surface area (Å²) in [7, 11) is 3.08. The minimum atomic E-state index is -0.701. The van der Waals surface area contributed by atoms with E-state index in [4.69, 9.17) is 9.47 Å². The topological polar surface area (TPSA) is 76.1 Å². The summed E-state index contributed by atoms with van der Waals surface area (Å²) in [5.74, 6) is -0.916. The summed E-state index contributed by atoms with van der Waals surface area (Å²) in [5.41, 5.74) is 1.27. The molecule has 3 rings (SSSR count). The van der Waals surface area contributed by atoms with Crippen molar-refractivity contribution in [2.75, 3.05) is 27.4 Å². The SMILES string of the molecule is COCCN1C(=O)C(=O)C(=C(O)c2ccc(OC)cc2)C1c1ccccc1. The summed E-state index contributed by atoms with van der Waals surface area (Å²) in [6.07, 6.45) is 0. The molecule has 1 saturated heterocycles. The lowest BCUT2D eigenvalue weighted by Gasteiger charge is -2.25. The Hall–Kier alpha value is -3.12. The smallest absolute Gasteiger partial charge is 0.295 e. The minimum absolute atomic E-state index is 0.0764. The average Bonchev–Trinajstić information content (AvgIpc) is 2.97. The predicted molar refractivity (Wildman–Crippen MR) is 100 cm³/mol. The number of nitrogens with zero attached hydrogens (tertiary/aromatic N) is 1. The lowest BCUT2D eigenvalue weighted by atomic mass is 9.95. The van der Waals surface area contributed by atoms with Crippen LogP contribution in [-0.2, 0) is 14.3 Å². The van der Waals surface area contributed by atoms with E-state index in [0.29, 0.717) is 17.9 Å². The van der Waals surface area contributed by atoms with Crippen LogP contribution < -0.4 is 4.74 Å². The Morgan fingerprint density at radius 1 is 1.04 bits per heavy atom. The van der Waals surface area contributed by atoms with Gasteiger partial charge in [0.15, 0.2) is 0 Å². The fourth-order valence-corrected chi connectivity index (χ4v) is 3.19. The molecule has 0 radical (unpaired) electrons. The molecule has 0 saturated carbocycles. The predicted octanol–water partition coefficient (Wildman–Crippen LogP) is 2.76. The molecule has 1 N–H and O–H groups in total. The number of hydrogen-bond donors (Lipinski definition) is 1. The molecule has 1 amide bonds. The van der Waals surface area contributed by atoms with Crippen LogP contribution in [-0.4, -0.2) is 49.1 Å². The van der Waals surface area contributed by atoms with E-state index < -0.39 is 17.7 Å². The minimum Gasteiger partial charge on any atom is -0.507 e. The van der Waals surface area contributed by atoms with Gasteiger partial charge in [0.25, 0.3) is 11.7 Å². The number of carbonyl (C=O) groups excluding carboxylic acids is 2. The molecule has 27 heavy (non-hydrogen) atoms. The third kappa shape index (κ3) is 3.57. The van der Waals surface area contributed by atoms with Gasteiger partial charge in [0.05, 0.1) is 25.3 Å². The Bertz CT molecular complexity index is 858. The molecule has 0 spiro atoms. The zero-order chi connectivity index (χ0) is 19.4. The number of likely N-dealkylation sites (tertiary alicyclic amines) is 1. The number of methoxy groups -OCH3 is 2. The van der Waals surface area contributed by atoms with Crippen LogP contribution in [0.3, 0.4) is 0 Å². The fraction of sp³-hybridized carbons (Fsp3) is 0.238. The highest BCUT2D eigenvalue weighted by atomic mass is 16.5. The molecule has 2 aromatic rings. The highest BCUT2D eigenvalue weighted by molar-refractivity contribution is 6.46. The molecule has 2 aromatic carbocycles. The van der Waals surface area contributed by atoms with Gasteiger partial charge in [0.1, 0.15) is 11.5 Å². The van der Waals surface area contributed by atoms with E-state index in [1.54, 1.807) is 31.4 Å². The molecule has 6 heteroatoms. The number of carbonyl (C=O) groups is 2. The van der Waals surface area contributed by atoms with E-state index in [-0.39, 0.29) is 17.9 Å². The molecular weight excluding hydrogens is 346 g/mol. The van der Waals surface area contributed by atoms with E-state index in [9.17, 15) is 14.7 Å². The Morgan fingerprint density at radius 3 is 2.30 bits per heavy atom. The molecule has 1 fully saturated rings. The molecule has 6 nitrogen and oxygen atoms in total. The summed E-state index contributed by atoms with van der Waals surface area (Å²) in [6, 6.07) is 15.2. The van der Waals surface area contributed by atoms with Gasteiger partial charge in [-0.2, -0.15) is 0 Å². The van der Waals surface area contributed by atoms with Crippen LogP contribution in [0.25, 0.3) is 5.76 Å². The second-order valence-electron chi connectivity index (χ2n) is 6.12. The van der Waals surface area contributed by atoms with E-state index in [1.807, 2.05) is 30.3 Å². The van der Waals surface area contributed by atoms with Gasteiger partial charge in [-0.3, -0.25) is 9.59 Å². The summed E-state index contributed by atoms with van der Waals surface area (Å²) in [6.45, 7) is 0.541. The van der Waals surface area contributed by atoms with Gasteiger partial charge in [-0.1, -0.05) is 30.3 Å². The van der Waals surface area contributed by atoms with Crippen molar-refractivity contribution in [1.82, 2.24) is 4.90 Å². The third-order valence-electron chi connectivity index (χ3n) is 4.56. The second kappa shape index (κ2) is 8.05. The van der Waals surface area contributed by atoms with Crippen LogP contribution >= 0.6 is 0 Å². The van der Waals surface area contributed by atoms with Crippen molar-refractivity contribution >= 4 is 17.4 Å². The van der Waals surface area contributed by atoms with Gasteiger partial charge in [0.2, 0.25) is 0 Å². The first-order valence-corrected chi connectivity index (χ1v) is 8.55. The zero-order valence-electron chi connectivity index (χ0n) is 15.2. The number of Topliss-reactive ketones (excluding diaryl/α,β-unsaturated/α-hetero) is 1. The number of benzene rings is 2. The van der Waals surface area contributed by atoms with Crippen LogP contribution in [0, 0.1) is 0 Å². The maximum atomic E-state index is 12.7. The number of ketones is 1. The maximum Gasteiger partial charge on any atom is 0.295 e. The van der Waals surface area contributed by atoms with Crippen molar-refractivity contribution in [3.8, 4) is 5.75 Å². The van der Waals surface area contributed by atoms with Crippen molar-refractivity contribution in [2.45, 2.75) is 6.04 Å². The lowest BCUT2D eigenvalue weighted by Crippen LogP contribution is -2.32. The van der Waals surface area contributed by atoms with Crippen molar-refractivity contribution < 1.29 is 24.2 Å². The second-order valence-corrected chi connectivity index (χ2v) is 6.12. The lowest BCUT2D eigenvalue weighted by molar-refractivity contribution is -0.140. The Labute approximate surface area is 157 Å². The summed E-state index contributed by atoms with van der Waals surface area (Å²) >= 11 is 0. The fourth-order valence-electron chi connectivity index (χ4n) is 3.19. The highest BCUT2D eigenvalue weighted by Gasteiger charge is 2.45. The van der Waals surface area contributed by atoms with Crippen molar-refractivity contribution in [2.24, 2.45) is 0 Å². The molecule has 1 heterocycles. The molecule has 140 valence electrons. The third-order valence-corrected chi connectivity index (χ3v) is 4.56. The molecule has 0 aliphatic carbocycles. The molecular formula is C21H21NO5. The average molecular weight is 367 g/mol. The standard InChI is InChI=1S/C21H21NO5/c1-26-13-12-22-18(14-6-4-3-5-7-14)17(20(24)21(22)25)19(23)15-8-10-16(27-2)11-9-15/h3-11,18,23H,12-13H2,1-2H3. The maximum absolute atomic E-state index is 12.7. The van der Waals surface area contributed by atoms with Gasteiger partial charge in [0, 0.05) is 19.2 Å². The summed E-state index contributed by atoms with van der Waals surface area (Å²) in [4.78, 5) is 26.8. The van der Waals surface area contributed by atoms with E-state index in [1.165, 1.54) is 12.0 Å². The molecule has 1 aliphatic heterocycles. The van der Waals surface area contributed by atoms with Crippen molar-refractivity contribution in [1.29, 1.82) is 0 Å². The Balaban J connectivity index is 2.11. The van der Waals surface area contributed by atoms with Crippen LogP contribution in [0.15, 0.2) is 60.2 Å². The molecule has 0 aromatic heterocycles. The molecule has 0 bridgehead atoms. The van der Waals surface area contributed by atoms with Crippen LogP contribution in [0.2, 0.25) is 0 Å². The first-order valence-electron chi connectivity index (χ1n) is 8.55. The number of aliphatic hydroxyl groups excluding tert-OH is 1. The van der Waals surface area contributed by atoms with Gasteiger partial charge in [-0.05, 0) is 29.8 Å². The van der Waals surface area contributed by atoms with Crippen LogP contribution in [0.1, 0.15) is 17.2 Å². The molecule has 1 atom stereocenters. The van der Waals surface area contributed by atoms with Gasteiger partial charge < -0.3 is 19.5 Å². The zero-order valence-corrected chi connectivity index (χ0v) is 15.2. The largest absolute Gasteiger partial charge is 0.507 e. The first-order chi connectivity index (χ1) is 13.1. The van der Waals surface area contributed by atoms with E-state index >= 15 is 0 Å². The molecule has 1 unspecified atom stereocenters. The van der Waals surface area contributed by atoms with Gasteiger partial charge in [-0.25, -0.2) is 0 Å². The first kappa shape index (κ1) is 18.7. The Morgan fingerprint density at radius 2 is 1.70 bits per heavy atom. The number of hydrogen-bond acceptors (Lipinski definition) is 5. The number of rotatable bonds is 6. The number of aliphatic hydroxyl groups is 1. The van der Waals surface area contributed by atoms with Gasteiger partial charge in [-0.15, -0.1) is 0 Å².